The fourth-order valence-electron chi connectivity index (χ4n) is 1.95. The van der Waals surface area contributed by atoms with Crippen LogP contribution in [-0.2, 0) is 9.53 Å². The summed E-state index contributed by atoms with van der Waals surface area (Å²) in [5, 5.41) is 0. The van der Waals surface area contributed by atoms with Crippen LogP contribution in [-0.4, -0.2) is 12.6 Å². The third kappa shape index (κ3) is 13.3. The van der Waals surface area contributed by atoms with Crippen LogP contribution >= 0.6 is 0 Å². The number of carbonyl (C=O) groups is 1. The van der Waals surface area contributed by atoms with Gasteiger partial charge in [-0.1, -0.05) is 71.8 Å². The average molecular weight is 254 g/mol. The molecule has 2 nitrogen and oxygen atoms in total. The third-order valence-electron chi connectivity index (χ3n) is 3.09. The number of esters is 1. The van der Waals surface area contributed by atoms with E-state index in [1.54, 1.807) is 0 Å². The molecule has 2 heteroatoms. The minimum absolute atomic E-state index is 0.305. The molecule has 0 atom stereocenters. The Kier molecular flexibility index (Phi) is 12.1. The molecular weight excluding hydrogens is 224 g/mol. The van der Waals surface area contributed by atoms with E-state index < -0.39 is 0 Å². The highest BCUT2D eigenvalue weighted by Crippen LogP contribution is 2.12. The lowest BCUT2D eigenvalue weighted by atomic mass is 10.0. The predicted octanol–water partition coefficient (Wildman–Crippen LogP) is 4.88. The molecule has 0 heterocycles. The van der Waals surface area contributed by atoms with Crippen molar-refractivity contribution < 1.29 is 9.53 Å². The van der Waals surface area contributed by atoms with E-state index in [1.165, 1.54) is 51.0 Å². The number of unbranched alkanes of at least 4 members (excludes halogenated alkanes) is 7. The van der Waals surface area contributed by atoms with Crippen molar-refractivity contribution in [2.75, 3.05) is 6.61 Å². The molecule has 0 aliphatic rings. The molecule has 0 amide bonds. The van der Waals surface area contributed by atoms with Crippen molar-refractivity contribution in [1.29, 1.82) is 0 Å². The lowest BCUT2D eigenvalue weighted by Crippen LogP contribution is -2.01. The van der Waals surface area contributed by atoms with Gasteiger partial charge >= 0.3 is 5.97 Å². The lowest BCUT2D eigenvalue weighted by Gasteiger charge is -2.04. The smallest absolute Gasteiger partial charge is 0.330 e. The summed E-state index contributed by atoms with van der Waals surface area (Å²) in [6, 6.07) is 0. The van der Waals surface area contributed by atoms with Crippen LogP contribution in [0.2, 0.25) is 0 Å². The molecule has 0 saturated heterocycles. The van der Waals surface area contributed by atoms with Crippen LogP contribution in [0.5, 0.6) is 0 Å². The molecule has 0 unspecified atom stereocenters. The summed E-state index contributed by atoms with van der Waals surface area (Å²) in [4.78, 5) is 10.8. The average Bonchev–Trinajstić information content (AvgIpc) is 2.35. The van der Waals surface area contributed by atoms with Crippen LogP contribution in [0.25, 0.3) is 0 Å². The third-order valence-corrected chi connectivity index (χ3v) is 3.09. The van der Waals surface area contributed by atoms with Crippen LogP contribution in [0, 0.1) is 5.92 Å². The minimum Gasteiger partial charge on any atom is -0.463 e. The van der Waals surface area contributed by atoms with Gasteiger partial charge in [0.25, 0.3) is 0 Å². The van der Waals surface area contributed by atoms with Crippen molar-refractivity contribution in [2.24, 2.45) is 5.92 Å². The molecule has 0 saturated carbocycles. The van der Waals surface area contributed by atoms with Crippen molar-refractivity contribution in [3.8, 4) is 0 Å². The molecule has 0 spiro atoms. The Morgan fingerprint density at radius 1 is 1.00 bits per heavy atom. The van der Waals surface area contributed by atoms with Gasteiger partial charge in [0.2, 0.25) is 0 Å². The summed E-state index contributed by atoms with van der Waals surface area (Å²) in [6.07, 6.45) is 12.8. The normalized spacial score (nSPS) is 10.6. The van der Waals surface area contributed by atoms with Crippen molar-refractivity contribution in [2.45, 2.75) is 71.6 Å². The van der Waals surface area contributed by atoms with E-state index in [9.17, 15) is 4.79 Å². The first-order valence-corrected chi connectivity index (χ1v) is 7.46. The molecule has 0 aromatic carbocycles. The van der Waals surface area contributed by atoms with Gasteiger partial charge in [0.05, 0.1) is 6.61 Å². The summed E-state index contributed by atoms with van der Waals surface area (Å²) >= 11 is 0. The van der Waals surface area contributed by atoms with E-state index in [4.69, 9.17) is 4.74 Å². The Hall–Kier alpha value is -0.790. The van der Waals surface area contributed by atoms with Crippen LogP contribution < -0.4 is 0 Å². The first-order valence-electron chi connectivity index (χ1n) is 7.46. The molecule has 0 N–H and O–H groups in total. The largest absolute Gasteiger partial charge is 0.463 e. The molecule has 0 aromatic heterocycles. The highest BCUT2D eigenvalue weighted by Gasteiger charge is 1.96. The van der Waals surface area contributed by atoms with E-state index in [0.29, 0.717) is 6.61 Å². The molecule has 0 bridgehead atoms. The van der Waals surface area contributed by atoms with Crippen LogP contribution in [0.4, 0.5) is 0 Å². The van der Waals surface area contributed by atoms with Gasteiger partial charge in [-0.2, -0.15) is 0 Å². The molecule has 0 aliphatic heterocycles. The second-order valence-electron chi connectivity index (χ2n) is 5.38. The number of hydrogen-bond acceptors (Lipinski definition) is 2. The van der Waals surface area contributed by atoms with E-state index >= 15 is 0 Å². The quantitative estimate of drug-likeness (QED) is 0.282. The van der Waals surface area contributed by atoms with Gasteiger partial charge in [0.15, 0.2) is 0 Å². The van der Waals surface area contributed by atoms with Gasteiger partial charge in [-0.3, -0.25) is 0 Å². The first kappa shape index (κ1) is 17.2. The van der Waals surface area contributed by atoms with Gasteiger partial charge < -0.3 is 4.74 Å². The van der Waals surface area contributed by atoms with Crippen molar-refractivity contribution in [3.05, 3.63) is 12.7 Å². The highest BCUT2D eigenvalue weighted by molar-refractivity contribution is 5.81. The number of rotatable bonds is 12. The summed E-state index contributed by atoms with van der Waals surface area (Å²) in [6.45, 7) is 8.48. The Morgan fingerprint density at radius 2 is 1.50 bits per heavy atom. The summed E-state index contributed by atoms with van der Waals surface area (Å²) in [5.41, 5.74) is 0. The molecule has 0 fully saturated rings. The van der Waals surface area contributed by atoms with Gasteiger partial charge in [-0.25, -0.2) is 4.79 Å². The van der Waals surface area contributed by atoms with E-state index in [1.807, 2.05) is 0 Å². The van der Waals surface area contributed by atoms with Gasteiger partial charge in [0.1, 0.15) is 0 Å². The first-order chi connectivity index (χ1) is 8.66. The standard InChI is InChI=1S/C16H30O2/c1-4-16(17)18-14-12-10-8-6-5-7-9-11-13-15(2)3/h4,15H,1,5-14H2,2-3H3. The molecule has 18 heavy (non-hydrogen) atoms. The summed E-state index contributed by atoms with van der Waals surface area (Å²) < 4.78 is 4.92. The van der Waals surface area contributed by atoms with Gasteiger partial charge in [0, 0.05) is 6.08 Å². The Morgan fingerprint density at radius 3 is 2.00 bits per heavy atom. The molecule has 106 valence electrons. The van der Waals surface area contributed by atoms with Crippen LogP contribution in [0.1, 0.15) is 71.6 Å². The van der Waals surface area contributed by atoms with Gasteiger partial charge in [-0.15, -0.1) is 0 Å². The molecule has 0 rings (SSSR count). The molecule has 0 radical (unpaired) electrons. The Labute approximate surface area is 113 Å². The maximum absolute atomic E-state index is 10.8. The zero-order valence-corrected chi connectivity index (χ0v) is 12.2. The van der Waals surface area contributed by atoms with E-state index in [2.05, 4.69) is 20.4 Å². The maximum Gasteiger partial charge on any atom is 0.330 e. The fourth-order valence-corrected chi connectivity index (χ4v) is 1.95. The lowest BCUT2D eigenvalue weighted by molar-refractivity contribution is -0.137. The molecule has 0 aromatic rings. The minimum atomic E-state index is -0.305. The van der Waals surface area contributed by atoms with Crippen molar-refractivity contribution >= 4 is 5.97 Å². The topological polar surface area (TPSA) is 26.3 Å². The van der Waals surface area contributed by atoms with E-state index in [-0.39, 0.29) is 5.97 Å². The number of ether oxygens (including phenoxy) is 1. The zero-order chi connectivity index (χ0) is 13.6. The SMILES string of the molecule is C=CC(=O)OCCCCCCCCCCC(C)C. The Balaban J connectivity index is 3.03. The number of carbonyl (C=O) groups excluding carboxylic acids is 1. The van der Waals surface area contributed by atoms with Crippen molar-refractivity contribution in [1.82, 2.24) is 0 Å². The summed E-state index contributed by atoms with van der Waals surface area (Å²) in [5.74, 6) is 0.545. The molecule has 0 aliphatic carbocycles. The second kappa shape index (κ2) is 12.7. The summed E-state index contributed by atoms with van der Waals surface area (Å²) in [7, 11) is 0. The van der Waals surface area contributed by atoms with Crippen LogP contribution in [0.3, 0.4) is 0 Å². The van der Waals surface area contributed by atoms with Gasteiger partial charge in [-0.05, 0) is 12.3 Å². The monoisotopic (exact) mass is 254 g/mol. The second-order valence-corrected chi connectivity index (χ2v) is 5.38. The fraction of sp³-hybridized carbons (Fsp3) is 0.812. The number of hydrogen-bond donors (Lipinski definition) is 0. The zero-order valence-electron chi connectivity index (χ0n) is 12.2. The molecular formula is C16H30O2. The van der Waals surface area contributed by atoms with Crippen molar-refractivity contribution in [3.63, 3.8) is 0 Å². The predicted molar refractivity (Wildman–Crippen MR) is 77.5 cm³/mol. The highest BCUT2D eigenvalue weighted by atomic mass is 16.5. The van der Waals surface area contributed by atoms with E-state index in [0.717, 1.165) is 18.8 Å². The van der Waals surface area contributed by atoms with Crippen LogP contribution in [0.15, 0.2) is 12.7 Å². The maximum atomic E-state index is 10.8. The Bertz CT molecular complexity index is 209.